The molecule has 0 aliphatic carbocycles. The Bertz CT molecular complexity index is 532. The van der Waals surface area contributed by atoms with Gasteiger partial charge in [-0.15, -0.1) is 0 Å². The van der Waals surface area contributed by atoms with Gasteiger partial charge in [-0.2, -0.15) is 0 Å². The molecule has 3 rings (SSSR count). The molecule has 0 bridgehead atoms. The van der Waals surface area contributed by atoms with Crippen molar-refractivity contribution in [2.45, 2.75) is 12.6 Å². The van der Waals surface area contributed by atoms with Crippen LogP contribution in [0.1, 0.15) is 5.89 Å². The van der Waals surface area contributed by atoms with E-state index in [2.05, 4.69) is 4.98 Å². The quantitative estimate of drug-likeness (QED) is 0.897. The van der Waals surface area contributed by atoms with Crippen molar-refractivity contribution < 1.29 is 13.9 Å². The molecule has 1 aromatic heterocycles. The number of aliphatic hydroxyl groups excluding tert-OH is 1. The Morgan fingerprint density at radius 3 is 2.72 bits per heavy atom. The van der Waals surface area contributed by atoms with Gasteiger partial charge in [0.05, 0.1) is 18.8 Å². The van der Waals surface area contributed by atoms with E-state index < -0.39 is 0 Å². The Balaban J connectivity index is 1.71. The van der Waals surface area contributed by atoms with Crippen molar-refractivity contribution in [3.63, 3.8) is 0 Å². The molecule has 1 aliphatic rings. The second kappa shape index (κ2) is 4.51. The molecule has 0 radical (unpaired) electrons. The maximum absolute atomic E-state index is 12.8. The van der Waals surface area contributed by atoms with Crippen molar-refractivity contribution in [2.24, 2.45) is 0 Å². The molecule has 4 nitrogen and oxygen atoms in total. The lowest BCUT2D eigenvalue weighted by atomic mass is 10.2. The average molecular weight is 248 g/mol. The minimum Gasteiger partial charge on any atom is -0.439 e. The maximum Gasteiger partial charge on any atom is 0.209 e. The van der Waals surface area contributed by atoms with Gasteiger partial charge in [-0.1, -0.05) is 0 Å². The van der Waals surface area contributed by atoms with Gasteiger partial charge < -0.3 is 9.52 Å². The summed E-state index contributed by atoms with van der Waals surface area (Å²) in [7, 11) is 0. The van der Waals surface area contributed by atoms with Gasteiger partial charge in [-0.05, 0) is 24.3 Å². The molecule has 5 heteroatoms. The number of aromatic nitrogens is 1. The molecule has 1 aromatic carbocycles. The van der Waals surface area contributed by atoms with Crippen LogP contribution in [0.25, 0.3) is 11.3 Å². The number of halogens is 1. The van der Waals surface area contributed by atoms with E-state index in [-0.39, 0.29) is 11.9 Å². The van der Waals surface area contributed by atoms with Gasteiger partial charge in [0.15, 0.2) is 5.76 Å². The molecule has 94 valence electrons. The summed E-state index contributed by atoms with van der Waals surface area (Å²) in [5.74, 6) is 0.973. The molecule has 2 heterocycles. The zero-order chi connectivity index (χ0) is 12.5. The fraction of sp³-hybridized carbons (Fsp3) is 0.308. The summed E-state index contributed by atoms with van der Waals surface area (Å²) in [5.41, 5.74) is 0.804. The summed E-state index contributed by atoms with van der Waals surface area (Å²) >= 11 is 0. The first-order valence-corrected chi connectivity index (χ1v) is 5.82. The van der Waals surface area contributed by atoms with E-state index >= 15 is 0 Å². The van der Waals surface area contributed by atoms with Gasteiger partial charge in [0.25, 0.3) is 0 Å². The first-order chi connectivity index (χ1) is 8.70. The molecular formula is C13H13FN2O2. The van der Waals surface area contributed by atoms with Crippen LogP contribution in [-0.2, 0) is 6.54 Å². The number of oxazole rings is 1. The lowest BCUT2D eigenvalue weighted by Gasteiger charge is -2.34. The lowest BCUT2D eigenvalue weighted by molar-refractivity contribution is -0.00708. The maximum atomic E-state index is 12.8. The first kappa shape index (κ1) is 11.4. The highest BCUT2D eigenvalue weighted by Gasteiger charge is 2.25. The van der Waals surface area contributed by atoms with Crippen molar-refractivity contribution in [3.05, 3.63) is 42.2 Å². The highest BCUT2D eigenvalue weighted by atomic mass is 19.1. The molecule has 0 atom stereocenters. The van der Waals surface area contributed by atoms with Gasteiger partial charge in [-0.3, -0.25) is 4.90 Å². The van der Waals surface area contributed by atoms with Crippen LogP contribution in [-0.4, -0.2) is 34.2 Å². The minimum absolute atomic E-state index is 0.225. The predicted octanol–water partition coefficient (Wildman–Crippen LogP) is 1.66. The average Bonchev–Trinajstić information content (AvgIpc) is 2.77. The van der Waals surface area contributed by atoms with Crippen LogP contribution in [0, 0.1) is 5.82 Å². The zero-order valence-electron chi connectivity index (χ0n) is 9.71. The molecule has 1 N–H and O–H groups in total. The van der Waals surface area contributed by atoms with Gasteiger partial charge in [0, 0.05) is 18.7 Å². The van der Waals surface area contributed by atoms with Crippen molar-refractivity contribution in [2.75, 3.05) is 13.1 Å². The van der Waals surface area contributed by atoms with E-state index in [0.717, 1.165) is 5.56 Å². The molecule has 18 heavy (non-hydrogen) atoms. The third-order valence-corrected chi connectivity index (χ3v) is 2.98. The summed E-state index contributed by atoms with van der Waals surface area (Å²) in [6, 6.07) is 6.10. The number of aliphatic hydroxyl groups is 1. The molecule has 0 spiro atoms. The summed E-state index contributed by atoms with van der Waals surface area (Å²) < 4.78 is 18.4. The Morgan fingerprint density at radius 1 is 1.33 bits per heavy atom. The number of hydrogen-bond acceptors (Lipinski definition) is 4. The number of β-amino-alcohol motifs (C(OH)–C–C–N with tert-alkyl or cyclic N) is 1. The first-order valence-electron chi connectivity index (χ1n) is 5.82. The fourth-order valence-electron chi connectivity index (χ4n) is 1.99. The standard InChI is InChI=1S/C13H13FN2O2/c14-10-3-1-9(2-4-10)12-5-15-13(18-12)8-16-6-11(17)7-16/h1-5,11,17H,6-8H2. The minimum atomic E-state index is -0.270. The molecule has 2 aromatic rings. The summed E-state index contributed by atoms with van der Waals surface area (Å²) in [6.45, 7) is 1.92. The van der Waals surface area contributed by atoms with Gasteiger partial charge in [-0.25, -0.2) is 9.37 Å². The smallest absolute Gasteiger partial charge is 0.209 e. The number of nitrogens with zero attached hydrogens (tertiary/aromatic N) is 2. The van der Waals surface area contributed by atoms with Crippen LogP contribution < -0.4 is 0 Å². The summed E-state index contributed by atoms with van der Waals surface area (Å²) in [4.78, 5) is 6.22. The van der Waals surface area contributed by atoms with Gasteiger partial charge in [0.2, 0.25) is 5.89 Å². The Kier molecular flexibility index (Phi) is 2.85. The van der Waals surface area contributed by atoms with Gasteiger partial charge in [0.1, 0.15) is 5.82 Å². The SMILES string of the molecule is OC1CN(Cc2ncc(-c3ccc(F)cc3)o2)C1. The molecule has 1 fully saturated rings. The second-order valence-corrected chi connectivity index (χ2v) is 4.47. The van der Waals surface area contributed by atoms with Gasteiger partial charge >= 0.3 is 0 Å². The van der Waals surface area contributed by atoms with Crippen molar-refractivity contribution in [3.8, 4) is 11.3 Å². The molecule has 1 saturated heterocycles. The highest BCUT2D eigenvalue weighted by Crippen LogP contribution is 2.22. The monoisotopic (exact) mass is 248 g/mol. The largest absolute Gasteiger partial charge is 0.439 e. The molecule has 0 saturated carbocycles. The number of likely N-dealkylation sites (tertiary alicyclic amines) is 1. The van der Waals surface area contributed by atoms with Crippen LogP contribution >= 0.6 is 0 Å². The topological polar surface area (TPSA) is 49.5 Å². The van der Waals surface area contributed by atoms with Crippen LogP contribution in [0.4, 0.5) is 4.39 Å². The van der Waals surface area contributed by atoms with E-state index in [1.54, 1.807) is 18.3 Å². The van der Waals surface area contributed by atoms with Crippen molar-refractivity contribution in [1.29, 1.82) is 0 Å². The lowest BCUT2D eigenvalue weighted by Crippen LogP contribution is -2.49. The Hall–Kier alpha value is -1.72. The van der Waals surface area contributed by atoms with E-state index in [4.69, 9.17) is 4.42 Å². The highest BCUT2D eigenvalue weighted by molar-refractivity contribution is 5.55. The van der Waals surface area contributed by atoms with E-state index in [9.17, 15) is 9.50 Å². The Labute approximate surface area is 104 Å². The van der Waals surface area contributed by atoms with Crippen molar-refractivity contribution in [1.82, 2.24) is 9.88 Å². The molecule has 0 unspecified atom stereocenters. The van der Waals surface area contributed by atoms with E-state index in [1.165, 1.54) is 12.1 Å². The fourth-order valence-corrected chi connectivity index (χ4v) is 1.99. The third-order valence-electron chi connectivity index (χ3n) is 2.98. The van der Waals surface area contributed by atoms with Crippen molar-refractivity contribution >= 4 is 0 Å². The summed E-state index contributed by atoms with van der Waals surface area (Å²) in [5, 5.41) is 9.18. The summed E-state index contributed by atoms with van der Waals surface area (Å²) in [6.07, 6.45) is 1.41. The molecular weight excluding hydrogens is 235 g/mol. The second-order valence-electron chi connectivity index (χ2n) is 4.47. The Morgan fingerprint density at radius 2 is 2.06 bits per heavy atom. The zero-order valence-corrected chi connectivity index (χ0v) is 9.71. The van der Waals surface area contributed by atoms with Crippen LogP contribution in [0.3, 0.4) is 0 Å². The van der Waals surface area contributed by atoms with Crippen LogP contribution in [0.5, 0.6) is 0 Å². The normalized spacial score (nSPS) is 16.8. The van der Waals surface area contributed by atoms with Crippen LogP contribution in [0.2, 0.25) is 0 Å². The molecule has 0 amide bonds. The third kappa shape index (κ3) is 2.27. The van der Waals surface area contributed by atoms with E-state index in [1.807, 2.05) is 4.90 Å². The number of rotatable bonds is 3. The number of benzene rings is 1. The van der Waals surface area contributed by atoms with E-state index in [0.29, 0.717) is 31.3 Å². The number of hydrogen-bond donors (Lipinski definition) is 1. The molecule has 1 aliphatic heterocycles. The van der Waals surface area contributed by atoms with Crippen LogP contribution in [0.15, 0.2) is 34.9 Å². The predicted molar refractivity (Wildman–Crippen MR) is 63.2 cm³/mol.